The molecule has 3 rings (SSSR count). The molecule has 0 bridgehead atoms. The average Bonchev–Trinajstić information content (AvgIpc) is 3.22. The van der Waals surface area contributed by atoms with Crippen LogP contribution in [0, 0.1) is 12.7 Å². The second-order valence-electron chi connectivity index (χ2n) is 5.27. The van der Waals surface area contributed by atoms with Gasteiger partial charge in [0.2, 0.25) is 17.0 Å². The Bertz CT molecular complexity index is 915. The first-order valence-corrected chi connectivity index (χ1v) is 8.94. The third-order valence-electron chi connectivity index (χ3n) is 3.19. The molecular formula is C15H14ClFN6O2S. The molecule has 0 aliphatic rings. The number of halogens is 2. The van der Waals surface area contributed by atoms with Crippen LogP contribution in [0.2, 0.25) is 5.02 Å². The van der Waals surface area contributed by atoms with Crippen LogP contribution < -0.4 is 5.32 Å². The SMILES string of the molecule is Cc1nc(SCc2noc(CCC(=O)Nc3ccc(Cl)cc3F)n2)n[nH]1. The maximum Gasteiger partial charge on any atom is 0.227 e. The van der Waals surface area contributed by atoms with Crippen molar-refractivity contribution in [2.75, 3.05) is 5.32 Å². The van der Waals surface area contributed by atoms with Crippen molar-refractivity contribution in [1.82, 2.24) is 25.3 Å². The fourth-order valence-corrected chi connectivity index (χ4v) is 2.84. The Morgan fingerprint density at radius 1 is 1.42 bits per heavy atom. The van der Waals surface area contributed by atoms with Gasteiger partial charge in [-0.2, -0.15) is 4.98 Å². The lowest BCUT2D eigenvalue weighted by atomic mass is 10.2. The lowest BCUT2D eigenvalue weighted by Crippen LogP contribution is -2.13. The first kappa shape index (κ1) is 18.3. The molecule has 0 saturated carbocycles. The van der Waals surface area contributed by atoms with Gasteiger partial charge in [0.1, 0.15) is 11.6 Å². The molecule has 1 aromatic carbocycles. The summed E-state index contributed by atoms with van der Waals surface area (Å²) in [6, 6.07) is 4.04. The number of H-pyrrole nitrogens is 1. The number of hydrogen-bond donors (Lipinski definition) is 2. The van der Waals surface area contributed by atoms with E-state index in [-0.39, 0.29) is 29.5 Å². The van der Waals surface area contributed by atoms with E-state index in [4.69, 9.17) is 16.1 Å². The van der Waals surface area contributed by atoms with Gasteiger partial charge in [-0.15, -0.1) is 5.10 Å². The lowest BCUT2D eigenvalue weighted by molar-refractivity contribution is -0.116. The Morgan fingerprint density at radius 2 is 2.27 bits per heavy atom. The van der Waals surface area contributed by atoms with Crippen LogP contribution in [0.4, 0.5) is 10.1 Å². The Kier molecular flexibility index (Phi) is 5.84. The average molecular weight is 397 g/mol. The number of carbonyl (C=O) groups is 1. The monoisotopic (exact) mass is 396 g/mol. The normalized spacial score (nSPS) is 10.9. The Balaban J connectivity index is 1.47. The Labute approximate surface area is 156 Å². The number of aryl methyl sites for hydroxylation is 2. The zero-order chi connectivity index (χ0) is 18.5. The van der Waals surface area contributed by atoms with Gasteiger partial charge in [0, 0.05) is 17.9 Å². The molecule has 0 unspecified atom stereocenters. The molecule has 2 aromatic heterocycles. The largest absolute Gasteiger partial charge is 0.339 e. The molecule has 0 atom stereocenters. The minimum Gasteiger partial charge on any atom is -0.339 e. The number of thioether (sulfide) groups is 1. The van der Waals surface area contributed by atoms with Gasteiger partial charge in [-0.1, -0.05) is 28.5 Å². The third-order valence-corrected chi connectivity index (χ3v) is 4.27. The Morgan fingerprint density at radius 3 is 3.00 bits per heavy atom. The third kappa shape index (κ3) is 5.02. The van der Waals surface area contributed by atoms with Gasteiger partial charge >= 0.3 is 0 Å². The van der Waals surface area contributed by atoms with E-state index in [1.165, 1.54) is 23.9 Å². The number of amides is 1. The predicted octanol–water partition coefficient (Wildman–Crippen LogP) is 3.15. The molecule has 0 spiro atoms. The van der Waals surface area contributed by atoms with Crippen molar-refractivity contribution >= 4 is 35.0 Å². The van der Waals surface area contributed by atoms with Gasteiger partial charge in [-0.25, -0.2) is 9.37 Å². The molecule has 0 aliphatic heterocycles. The van der Waals surface area contributed by atoms with Crippen LogP contribution in [0.15, 0.2) is 27.9 Å². The highest BCUT2D eigenvalue weighted by Gasteiger charge is 2.12. The van der Waals surface area contributed by atoms with E-state index in [1.807, 2.05) is 6.92 Å². The fourth-order valence-electron chi connectivity index (χ4n) is 1.99. The van der Waals surface area contributed by atoms with Gasteiger partial charge in [-0.3, -0.25) is 9.89 Å². The number of nitrogens with zero attached hydrogens (tertiary/aromatic N) is 4. The minimum absolute atomic E-state index is 0.0730. The summed E-state index contributed by atoms with van der Waals surface area (Å²) in [5.74, 6) is 1.03. The number of carbonyl (C=O) groups excluding carboxylic acids is 1. The van der Waals surface area contributed by atoms with Crippen LogP contribution in [0.25, 0.3) is 0 Å². The topological polar surface area (TPSA) is 110 Å². The summed E-state index contributed by atoms with van der Waals surface area (Å²) in [4.78, 5) is 20.3. The van der Waals surface area contributed by atoms with Crippen molar-refractivity contribution in [3.8, 4) is 0 Å². The summed E-state index contributed by atoms with van der Waals surface area (Å²) >= 11 is 7.04. The van der Waals surface area contributed by atoms with Gasteiger partial charge in [0.05, 0.1) is 11.4 Å². The van der Waals surface area contributed by atoms with Crippen molar-refractivity contribution in [2.24, 2.45) is 0 Å². The van der Waals surface area contributed by atoms with E-state index >= 15 is 0 Å². The molecular weight excluding hydrogens is 383 g/mol. The van der Waals surface area contributed by atoms with Crippen LogP contribution >= 0.6 is 23.4 Å². The van der Waals surface area contributed by atoms with Gasteiger partial charge in [-0.05, 0) is 25.1 Å². The van der Waals surface area contributed by atoms with E-state index in [0.29, 0.717) is 22.6 Å². The first-order chi connectivity index (χ1) is 12.5. The summed E-state index contributed by atoms with van der Waals surface area (Å²) < 4.78 is 18.8. The van der Waals surface area contributed by atoms with Crippen LogP contribution in [0.5, 0.6) is 0 Å². The van der Waals surface area contributed by atoms with Crippen molar-refractivity contribution in [1.29, 1.82) is 0 Å². The summed E-state index contributed by atoms with van der Waals surface area (Å²) in [5, 5.41) is 13.9. The zero-order valence-electron chi connectivity index (χ0n) is 13.6. The van der Waals surface area contributed by atoms with Gasteiger partial charge in [0.15, 0.2) is 5.82 Å². The van der Waals surface area contributed by atoms with Gasteiger partial charge < -0.3 is 9.84 Å². The minimum atomic E-state index is -0.592. The molecule has 0 radical (unpaired) electrons. The molecule has 2 N–H and O–H groups in total. The van der Waals surface area contributed by atoms with Crippen LogP contribution in [0.3, 0.4) is 0 Å². The molecule has 136 valence electrons. The number of rotatable bonds is 7. The molecule has 1 amide bonds. The second kappa shape index (κ2) is 8.28. The fraction of sp³-hybridized carbons (Fsp3) is 0.267. The lowest BCUT2D eigenvalue weighted by Gasteiger charge is -2.05. The van der Waals surface area contributed by atoms with Gasteiger partial charge in [0.25, 0.3) is 0 Å². The molecule has 8 nitrogen and oxygen atoms in total. The van der Waals surface area contributed by atoms with Crippen LogP contribution in [-0.4, -0.2) is 31.2 Å². The van der Waals surface area contributed by atoms with Crippen LogP contribution in [0.1, 0.15) is 24.0 Å². The smallest absolute Gasteiger partial charge is 0.227 e. The quantitative estimate of drug-likeness (QED) is 0.590. The van der Waals surface area contributed by atoms with E-state index in [2.05, 4.69) is 30.6 Å². The number of aromatic nitrogens is 5. The van der Waals surface area contributed by atoms with E-state index in [9.17, 15) is 9.18 Å². The van der Waals surface area contributed by atoms with Crippen molar-refractivity contribution < 1.29 is 13.7 Å². The molecule has 2 heterocycles. The molecule has 0 aliphatic carbocycles. The zero-order valence-corrected chi connectivity index (χ0v) is 15.2. The molecule has 26 heavy (non-hydrogen) atoms. The first-order valence-electron chi connectivity index (χ1n) is 7.58. The number of anilines is 1. The molecule has 0 saturated heterocycles. The maximum atomic E-state index is 13.6. The van der Waals surface area contributed by atoms with Crippen molar-refractivity contribution in [3.63, 3.8) is 0 Å². The molecule has 3 aromatic rings. The standard InChI is InChI=1S/C15H14ClFN6O2S/c1-8-18-15(22-21-8)26-7-12-20-14(25-23-12)5-4-13(24)19-11-3-2-9(16)6-10(11)17/h2-3,6H,4-5,7H2,1H3,(H,19,24)(H,18,21,22). The second-order valence-corrected chi connectivity index (χ2v) is 6.65. The Hall–Kier alpha value is -2.46. The highest BCUT2D eigenvalue weighted by atomic mass is 35.5. The molecule has 11 heteroatoms. The highest BCUT2D eigenvalue weighted by molar-refractivity contribution is 7.98. The number of hydrogen-bond acceptors (Lipinski definition) is 7. The summed E-state index contributed by atoms with van der Waals surface area (Å²) in [7, 11) is 0. The summed E-state index contributed by atoms with van der Waals surface area (Å²) in [6.45, 7) is 1.81. The van der Waals surface area contributed by atoms with Crippen molar-refractivity contribution in [2.45, 2.75) is 30.7 Å². The summed E-state index contributed by atoms with van der Waals surface area (Å²) in [6.07, 6.45) is 0.329. The number of nitrogens with one attached hydrogen (secondary N) is 2. The summed E-state index contributed by atoms with van der Waals surface area (Å²) in [5.41, 5.74) is 0.0730. The van der Waals surface area contributed by atoms with E-state index < -0.39 is 5.82 Å². The molecule has 0 fully saturated rings. The highest BCUT2D eigenvalue weighted by Crippen LogP contribution is 2.20. The maximum absolute atomic E-state index is 13.6. The number of benzene rings is 1. The predicted molar refractivity (Wildman–Crippen MR) is 93.3 cm³/mol. The van der Waals surface area contributed by atoms with E-state index in [0.717, 1.165) is 11.9 Å². The van der Waals surface area contributed by atoms with E-state index in [1.54, 1.807) is 0 Å². The number of aromatic amines is 1. The van der Waals surface area contributed by atoms with Crippen molar-refractivity contribution in [3.05, 3.63) is 46.6 Å². The van der Waals surface area contributed by atoms with Crippen LogP contribution in [-0.2, 0) is 17.0 Å².